The van der Waals surface area contributed by atoms with E-state index in [4.69, 9.17) is 10.8 Å². The molecule has 15 heavy (non-hydrogen) atoms. The Labute approximate surface area is 86.9 Å². The molecule has 0 unspecified atom stereocenters. The summed E-state index contributed by atoms with van der Waals surface area (Å²) in [6, 6.07) is 1.20. The van der Waals surface area contributed by atoms with Gasteiger partial charge in [-0.25, -0.2) is 4.79 Å². The van der Waals surface area contributed by atoms with Crippen LogP contribution in [0.15, 0.2) is 10.9 Å². The van der Waals surface area contributed by atoms with Gasteiger partial charge in [-0.05, 0) is 6.07 Å². The van der Waals surface area contributed by atoms with Crippen molar-refractivity contribution >= 4 is 11.7 Å². The summed E-state index contributed by atoms with van der Waals surface area (Å²) >= 11 is 0. The number of H-pyrrole nitrogens is 1. The van der Waals surface area contributed by atoms with E-state index in [9.17, 15) is 9.59 Å². The summed E-state index contributed by atoms with van der Waals surface area (Å²) in [5.41, 5.74) is 5.25. The van der Waals surface area contributed by atoms with Crippen molar-refractivity contribution < 1.29 is 9.90 Å². The highest BCUT2D eigenvalue weighted by atomic mass is 16.4. The first-order chi connectivity index (χ1) is 6.73. The van der Waals surface area contributed by atoms with Gasteiger partial charge in [-0.1, -0.05) is 20.8 Å². The molecule has 0 radical (unpaired) electrons. The van der Waals surface area contributed by atoms with Crippen molar-refractivity contribution in [2.45, 2.75) is 26.2 Å². The van der Waals surface area contributed by atoms with E-state index >= 15 is 0 Å². The van der Waals surface area contributed by atoms with E-state index in [-0.39, 0.29) is 11.0 Å². The molecule has 5 nitrogen and oxygen atoms in total. The van der Waals surface area contributed by atoms with Crippen LogP contribution in [0.2, 0.25) is 0 Å². The zero-order valence-electron chi connectivity index (χ0n) is 8.92. The van der Waals surface area contributed by atoms with E-state index in [0.717, 1.165) is 0 Å². The molecule has 0 aromatic carbocycles. The Morgan fingerprint density at radius 2 is 2.00 bits per heavy atom. The summed E-state index contributed by atoms with van der Waals surface area (Å²) in [7, 11) is 0. The zero-order chi connectivity index (χ0) is 11.8. The van der Waals surface area contributed by atoms with Crippen molar-refractivity contribution in [3.05, 3.63) is 27.7 Å². The number of hydrogen-bond donors (Lipinski definition) is 3. The molecule has 1 rings (SSSR count). The molecule has 0 spiro atoms. The maximum Gasteiger partial charge on any atom is 0.341 e. The molecule has 0 atom stereocenters. The highest BCUT2D eigenvalue weighted by Gasteiger charge is 2.20. The lowest BCUT2D eigenvalue weighted by molar-refractivity contribution is 0.0695. The number of hydrogen-bond acceptors (Lipinski definition) is 3. The minimum absolute atomic E-state index is 0.291. The Bertz CT molecular complexity index is 455. The largest absolute Gasteiger partial charge is 0.477 e. The second-order valence-corrected chi connectivity index (χ2v) is 4.40. The van der Waals surface area contributed by atoms with Crippen LogP contribution in [0.1, 0.15) is 36.8 Å². The molecule has 0 amide bonds. The minimum Gasteiger partial charge on any atom is -0.477 e. The molecule has 0 saturated heterocycles. The smallest absolute Gasteiger partial charge is 0.341 e. The molecule has 0 bridgehead atoms. The normalized spacial score (nSPS) is 11.4. The molecule has 1 aromatic heterocycles. The second-order valence-electron chi connectivity index (χ2n) is 4.40. The first kappa shape index (κ1) is 11.3. The maximum absolute atomic E-state index is 11.4. The summed E-state index contributed by atoms with van der Waals surface area (Å²) in [6.45, 7) is 5.65. The van der Waals surface area contributed by atoms with Gasteiger partial charge in [0.1, 0.15) is 5.56 Å². The monoisotopic (exact) mass is 210 g/mol. The summed E-state index contributed by atoms with van der Waals surface area (Å²) in [5.74, 6) is -1.27. The van der Waals surface area contributed by atoms with E-state index in [1.165, 1.54) is 6.07 Å². The zero-order valence-corrected chi connectivity index (χ0v) is 8.92. The molecular weight excluding hydrogens is 196 g/mol. The van der Waals surface area contributed by atoms with Crippen LogP contribution in [0.5, 0.6) is 0 Å². The summed E-state index contributed by atoms with van der Waals surface area (Å²) < 4.78 is 0. The highest BCUT2D eigenvalue weighted by molar-refractivity contribution is 5.88. The van der Waals surface area contributed by atoms with Gasteiger partial charge in [-0.3, -0.25) is 4.79 Å². The summed E-state index contributed by atoms with van der Waals surface area (Å²) in [5, 5.41) is 8.71. The van der Waals surface area contributed by atoms with Crippen molar-refractivity contribution in [3.8, 4) is 0 Å². The first-order valence-electron chi connectivity index (χ1n) is 4.50. The van der Waals surface area contributed by atoms with Crippen molar-refractivity contribution in [3.63, 3.8) is 0 Å². The number of nitrogens with two attached hydrogens (primary N) is 1. The number of aromatic nitrogens is 1. The van der Waals surface area contributed by atoms with E-state index in [2.05, 4.69) is 4.98 Å². The fraction of sp³-hybridized carbons (Fsp3) is 0.400. The van der Waals surface area contributed by atoms with Gasteiger partial charge in [-0.2, -0.15) is 0 Å². The van der Waals surface area contributed by atoms with Crippen LogP contribution in [0, 0.1) is 0 Å². The number of pyridine rings is 1. The maximum atomic E-state index is 11.4. The number of nitrogen functional groups attached to an aromatic ring is 1. The van der Waals surface area contributed by atoms with Crippen molar-refractivity contribution in [2.24, 2.45) is 0 Å². The van der Waals surface area contributed by atoms with Gasteiger partial charge in [0.25, 0.3) is 5.56 Å². The third-order valence-electron chi connectivity index (χ3n) is 2.05. The molecular formula is C10H14N2O3. The highest BCUT2D eigenvalue weighted by Crippen LogP contribution is 2.24. The number of rotatable bonds is 1. The third kappa shape index (κ3) is 2.18. The van der Waals surface area contributed by atoms with Crippen LogP contribution in [-0.4, -0.2) is 16.1 Å². The lowest BCUT2D eigenvalue weighted by Gasteiger charge is -2.20. The molecule has 0 aliphatic heterocycles. The quantitative estimate of drug-likeness (QED) is 0.643. The number of carboxylic acid groups (broad SMARTS) is 1. The molecule has 1 heterocycles. The van der Waals surface area contributed by atoms with Crippen LogP contribution in [0.25, 0.3) is 0 Å². The lowest BCUT2D eigenvalue weighted by atomic mass is 9.90. The fourth-order valence-electron chi connectivity index (χ4n) is 1.33. The van der Waals surface area contributed by atoms with Gasteiger partial charge in [0, 0.05) is 11.1 Å². The fourth-order valence-corrected chi connectivity index (χ4v) is 1.33. The van der Waals surface area contributed by atoms with Crippen LogP contribution >= 0.6 is 0 Å². The standard InChI is InChI=1S/C10H14N2O3/c1-10(2,3)7-6(11)4-5(9(14)15)8(13)12-7/h4H,11H2,1-3H3,(H,12,13)(H,14,15). The SMILES string of the molecule is CC(C)(C)c1[nH]c(=O)c(C(=O)O)cc1N. The van der Waals surface area contributed by atoms with Gasteiger partial charge in [0.2, 0.25) is 0 Å². The van der Waals surface area contributed by atoms with Crippen molar-refractivity contribution in [1.29, 1.82) is 0 Å². The number of anilines is 1. The molecule has 1 aromatic rings. The molecule has 5 heteroatoms. The molecule has 4 N–H and O–H groups in total. The van der Waals surface area contributed by atoms with E-state index < -0.39 is 11.5 Å². The molecule has 0 saturated carbocycles. The molecule has 0 fully saturated rings. The van der Waals surface area contributed by atoms with Gasteiger partial charge in [0.15, 0.2) is 0 Å². The number of aromatic carboxylic acids is 1. The van der Waals surface area contributed by atoms with E-state index in [1.807, 2.05) is 20.8 Å². The molecule has 0 aliphatic carbocycles. The topological polar surface area (TPSA) is 96.2 Å². The average molecular weight is 210 g/mol. The van der Waals surface area contributed by atoms with Crippen LogP contribution in [0.3, 0.4) is 0 Å². The number of nitrogens with one attached hydrogen (secondary N) is 1. The number of carbonyl (C=O) groups is 1. The van der Waals surface area contributed by atoms with Crippen LogP contribution < -0.4 is 11.3 Å². The van der Waals surface area contributed by atoms with Gasteiger partial charge >= 0.3 is 5.97 Å². The van der Waals surface area contributed by atoms with E-state index in [1.54, 1.807) is 0 Å². The number of carboxylic acids is 1. The van der Waals surface area contributed by atoms with Gasteiger partial charge in [-0.15, -0.1) is 0 Å². The van der Waals surface area contributed by atoms with Crippen LogP contribution in [-0.2, 0) is 5.41 Å². The first-order valence-corrected chi connectivity index (χ1v) is 4.50. The Kier molecular flexibility index (Phi) is 2.57. The minimum atomic E-state index is -1.27. The van der Waals surface area contributed by atoms with Crippen molar-refractivity contribution in [2.75, 3.05) is 5.73 Å². The predicted octanol–water partition coefficient (Wildman–Crippen LogP) is 0.953. The average Bonchev–Trinajstić information content (AvgIpc) is 2.06. The molecule has 82 valence electrons. The van der Waals surface area contributed by atoms with Crippen molar-refractivity contribution in [1.82, 2.24) is 4.98 Å². The Hall–Kier alpha value is -1.78. The Morgan fingerprint density at radius 1 is 1.47 bits per heavy atom. The Morgan fingerprint density at radius 3 is 2.40 bits per heavy atom. The number of aromatic amines is 1. The Balaban J connectivity index is 3.46. The molecule has 0 aliphatic rings. The summed E-state index contributed by atoms with van der Waals surface area (Å²) in [6.07, 6.45) is 0. The van der Waals surface area contributed by atoms with Crippen LogP contribution in [0.4, 0.5) is 5.69 Å². The lowest BCUT2D eigenvalue weighted by Crippen LogP contribution is -2.25. The third-order valence-corrected chi connectivity index (χ3v) is 2.05. The van der Waals surface area contributed by atoms with E-state index in [0.29, 0.717) is 11.4 Å². The summed E-state index contributed by atoms with van der Waals surface area (Å²) in [4.78, 5) is 24.6. The predicted molar refractivity (Wildman–Crippen MR) is 57.1 cm³/mol. The van der Waals surface area contributed by atoms with Gasteiger partial charge < -0.3 is 15.8 Å². The second kappa shape index (κ2) is 3.42. The van der Waals surface area contributed by atoms with Gasteiger partial charge in [0.05, 0.1) is 5.69 Å².